The maximum atomic E-state index is 13.3. The molecule has 4 heteroatoms. The summed E-state index contributed by atoms with van der Waals surface area (Å²) in [4.78, 5) is 2.60. The van der Waals surface area contributed by atoms with E-state index < -0.39 is 11.7 Å². The SMILES string of the molecule is CC(C)CC(C)c1cc(-c2ccc(C(F)(F)F)cc2)cc(C2CCCN(Cc3cc(C(C)(C)C)cc(C(C)(C)C)c3)C2)c1. The first-order valence-corrected chi connectivity index (χ1v) is 16.1. The molecule has 1 aliphatic heterocycles. The van der Waals surface area contributed by atoms with Gasteiger partial charge in [-0.3, -0.25) is 4.90 Å². The molecule has 1 aliphatic rings. The van der Waals surface area contributed by atoms with Crippen LogP contribution in [0.5, 0.6) is 0 Å². The Hall–Kier alpha value is -2.59. The van der Waals surface area contributed by atoms with Crippen LogP contribution in [0.1, 0.15) is 127 Å². The van der Waals surface area contributed by atoms with Gasteiger partial charge in [0.1, 0.15) is 0 Å². The molecule has 3 aromatic rings. The van der Waals surface area contributed by atoms with Crippen LogP contribution in [0.25, 0.3) is 11.1 Å². The summed E-state index contributed by atoms with van der Waals surface area (Å²) in [6, 6.07) is 19.7. The first-order chi connectivity index (χ1) is 19.9. The van der Waals surface area contributed by atoms with E-state index in [0.717, 1.165) is 50.0 Å². The Labute approximate surface area is 258 Å². The Morgan fingerprint density at radius 3 is 1.88 bits per heavy atom. The van der Waals surface area contributed by atoms with Crippen molar-refractivity contribution in [3.63, 3.8) is 0 Å². The molecule has 0 bridgehead atoms. The highest BCUT2D eigenvalue weighted by molar-refractivity contribution is 5.66. The van der Waals surface area contributed by atoms with Gasteiger partial charge in [0.05, 0.1) is 5.56 Å². The molecule has 0 spiro atoms. The maximum absolute atomic E-state index is 13.3. The summed E-state index contributed by atoms with van der Waals surface area (Å²) in [7, 11) is 0. The van der Waals surface area contributed by atoms with E-state index in [4.69, 9.17) is 0 Å². The van der Waals surface area contributed by atoms with E-state index in [1.807, 2.05) is 0 Å². The molecule has 0 aliphatic carbocycles. The molecule has 0 amide bonds. The number of likely N-dealkylation sites (tertiary alicyclic amines) is 1. The number of alkyl halides is 3. The van der Waals surface area contributed by atoms with Gasteiger partial charge in [-0.05, 0) is 105 Å². The van der Waals surface area contributed by atoms with Crippen LogP contribution in [-0.4, -0.2) is 18.0 Å². The van der Waals surface area contributed by atoms with Gasteiger partial charge in [0.25, 0.3) is 0 Å². The third-order valence-corrected chi connectivity index (χ3v) is 9.03. The zero-order valence-electron chi connectivity index (χ0n) is 27.8. The highest BCUT2D eigenvalue weighted by Gasteiger charge is 2.30. The van der Waals surface area contributed by atoms with Crippen LogP contribution in [-0.2, 0) is 23.6 Å². The molecular formula is C39H52F3N. The van der Waals surface area contributed by atoms with Gasteiger partial charge in [-0.2, -0.15) is 13.2 Å². The molecular weight excluding hydrogens is 539 g/mol. The summed E-state index contributed by atoms with van der Waals surface area (Å²) in [6.07, 6.45) is -0.993. The molecule has 1 saturated heterocycles. The molecule has 1 fully saturated rings. The third-order valence-electron chi connectivity index (χ3n) is 9.03. The fraction of sp³-hybridized carbons (Fsp3) is 0.538. The summed E-state index contributed by atoms with van der Waals surface area (Å²) >= 11 is 0. The fourth-order valence-corrected chi connectivity index (χ4v) is 6.44. The number of halogens is 3. The van der Waals surface area contributed by atoms with Crippen molar-refractivity contribution < 1.29 is 13.2 Å². The minimum absolute atomic E-state index is 0.0856. The smallest absolute Gasteiger partial charge is 0.298 e. The summed E-state index contributed by atoms with van der Waals surface area (Å²) < 4.78 is 39.8. The number of piperidine rings is 1. The number of nitrogens with zero attached hydrogens (tertiary/aromatic N) is 1. The van der Waals surface area contributed by atoms with Gasteiger partial charge in [-0.25, -0.2) is 0 Å². The van der Waals surface area contributed by atoms with Crippen molar-refractivity contribution in [3.8, 4) is 11.1 Å². The Morgan fingerprint density at radius 1 is 0.744 bits per heavy atom. The molecule has 234 valence electrons. The number of hydrogen-bond acceptors (Lipinski definition) is 1. The Kier molecular flexibility index (Phi) is 9.91. The number of benzene rings is 3. The molecule has 2 unspecified atom stereocenters. The second-order valence-corrected chi connectivity index (χ2v) is 15.5. The molecule has 0 saturated carbocycles. The zero-order valence-corrected chi connectivity index (χ0v) is 27.8. The van der Waals surface area contributed by atoms with E-state index in [9.17, 15) is 13.2 Å². The molecule has 2 atom stereocenters. The van der Waals surface area contributed by atoms with E-state index in [-0.39, 0.29) is 10.8 Å². The molecule has 1 nitrogen and oxygen atoms in total. The van der Waals surface area contributed by atoms with Gasteiger partial charge in [0.15, 0.2) is 0 Å². The lowest BCUT2D eigenvalue weighted by atomic mass is 9.79. The van der Waals surface area contributed by atoms with Crippen molar-refractivity contribution in [3.05, 3.63) is 94.0 Å². The van der Waals surface area contributed by atoms with Crippen LogP contribution in [0.2, 0.25) is 0 Å². The number of hydrogen-bond donors (Lipinski definition) is 0. The second kappa shape index (κ2) is 12.8. The van der Waals surface area contributed by atoms with Crippen molar-refractivity contribution in [2.75, 3.05) is 13.1 Å². The lowest BCUT2D eigenvalue weighted by Crippen LogP contribution is -2.34. The average Bonchev–Trinajstić information content (AvgIpc) is 2.91. The van der Waals surface area contributed by atoms with Crippen molar-refractivity contribution in [1.29, 1.82) is 0 Å². The van der Waals surface area contributed by atoms with Crippen LogP contribution in [0.15, 0.2) is 60.7 Å². The predicted molar refractivity (Wildman–Crippen MR) is 176 cm³/mol. The van der Waals surface area contributed by atoms with Crippen LogP contribution >= 0.6 is 0 Å². The minimum Gasteiger partial charge on any atom is -0.298 e. The molecule has 0 aromatic heterocycles. The van der Waals surface area contributed by atoms with Crippen LogP contribution in [0.4, 0.5) is 13.2 Å². The third kappa shape index (κ3) is 8.75. The number of rotatable bonds is 7. The molecule has 3 aromatic carbocycles. The minimum atomic E-state index is -4.33. The molecule has 1 heterocycles. The van der Waals surface area contributed by atoms with E-state index in [2.05, 4.69) is 104 Å². The normalized spacial score (nSPS) is 17.8. The van der Waals surface area contributed by atoms with Gasteiger partial charge in [0, 0.05) is 13.1 Å². The van der Waals surface area contributed by atoms with E-state index >= 15 is 0 Å². The molecule has 0 radical (unpaired) electrons. The first-order valence-electron chi connectivity index (χ1n) is 16.1. The summed E-state index contributed by atoms with van der Waals surface area (Å²) in [5, 5.41) is 0. The van der Waals surface area contributed by atoms with Crippen LogP contribution < -0.4 is 0 Å². The topological polar surface area (TPSA) is 3.24 Å². The Morgan fingerprint density at radius 2 is 1.35 bits per heavy atom. The van der Waals surface area contributed by atoms with Crippen LogP contribution in [0.3, 0.4) is 0 Å². The average molecular weight is 592 g/mol. The van der Waals surface area contributed by atoms with Crippen LogP contribution in [0, 0.1) is 5.92 Å². The largest absolute Gasteiger partial charge is 0.416 e. The van der Waals surface area contributed by atoms with Crippen molar-refractivity contribution in [2.24, 2.45) is 5.92 Å². The van der Waals surface area contributed by atoms with Gasteiger partial charge in [0.2, 0.25) is 0 Å². The highest BCUT2D eigenvalue weighted by Crippen LogP contribution is 2.37. The lowest BCUT2D eigenvalue weighted by molar-refractivity contribution is -0.137. The molecule has 4 rings (SSSR count). The van der Waals surface area contributed by atoms with Gasteiger partial charge in [-0.1, -0.05) is 111 Å². The summed E-state index contributed by atoms with van der Waals surface area (Å²) in [5.41, 5.74) is 8.17. The molecule has 0 N–H and O–H groups in total. The van der Waals surface area contributed by atoms with Crippen molar-refractivity contribution in [1.82, 2.24) is 4.90 Å². The Bertz CT molecular complexity index is 1340. The quantitative estimate of drug-likeness (QED) is 0.264. The summed E-state index contributed by atoms with van der Waals surface area (Å²) in [6.45, 7) is 23.5. The second-order valence-electron chi connectivity index (χ2n) is 15.5. The zero-order chi connectivity index (χ0) is 31.7. The van der Waals surface area contributed by atoms with E-state index in [0.29, 0.717) is 17.8 Å². The monoisotopic (exact) mass is 591 g/mol. The van der Waals surface area contributed by atoms with E-state index in [1.54, 1.807) is 12.1 Å². The van der Waals surface area contributed by atoms with Gasteiger partial charge >= 0.3 is 6.18 Å². The Balaban J connectivity index is 1.65. The summed E-state index contributed by atoms with van der Waals surface area (Å²) in [5.74, 6) is 1.34. The predicted octanol–water partition coefficient (Wildman–Crippen LogP) is 11.5. The fourth-order valence-electron chi connectivity index (χ4n) is 6.44. The highest BCUT2D eigenvalue weighted by atomic mass is 19.4. The standard InChI is InChI=1S/C39H52F3N/c1-26(2)17-27(3)31-20-32(29-12-14-34(15-13-29)39(40,41)42)22-33(21-31)30-11-10-16-43(25-30)24-28-18-35(37(4,5)6)23-36(19-28)38(7,8)9/h12-15,18-23,26-27,30H,10-11,16-17,24-25H2,1-9H3. The maximum Gasteiger partial charge on any atom is 0.416 e. The lowest BCUT2D eigenvalue weighted by Gasteiger charge is -2.34. The molecule has 43 heavy (non-hydrogen) atoms. The van der Waals surface area contributed by atoms with Gasteiger partial charge in [-0.15, -0.1) is 0 Å². The van der Waals surface area contributed by atoms with E-state index in [1.165, 1.54) is 39.9 Å². The van der Waals surface area contributed by atoms with Crippen molar-refractivity contribution >= 4 is 0 Å². The van der Waals surface area contributed by atoms with Gasteiger partial charge < -0.3 is 0 Å². The first kappa shape index (κ1) is 33.3. The van der Waals surface area contributed by atoms with Crippen molar-refractivity contribution in [2.45, 2.75) is 117 Å².